The van der Waals surface area contributed by atoms with E-state index in [0.29, 0.717) is 18.4 Å². The summed E-state index contributed by atoms with van der Waals surface area (Å²) >= 11 is 0. The summed E-state index contributed by atoms with van der Waals surface area (Å²) in [5.41, 5.74) is 1.24. The molecule has 0 saturated carbocycles. The van der Waals surface area contributed by atoms with Crippen molar-refractivity contribution in [3.8, 4) is 0 Å². The highest BCUT2D eigenvalue weighted by Crippen LogP contribution is 2.16. The lowest BCUT2D eigenvalue weighted by Gasteiger charge is -2.05. The van der Waals surface area contributed by atoms with Gasteiger partial charge in [-0.2, -0.15) is 0 Å². The molecule has 0 aliphatic rings. The molecule has 2 nitrogen and oxygen atoms in total. The van der Waals surface area contributed by atoms with E-state index in [1.54, 1.807) is 12.2 Å². The Balaban J connectivity index is 4.78. The number of hydrogen-bond acceptors (Lipinski definition) is 1. The highest BCUT2D eigenvalue weighted by Gasteiger charge is 2.09. The largest absolute Gasteiger partial charge is 0.478 e. The molecule has 0 aliphatic heterocycles. The van der Waals surface area contributed by atoms with Crippen molar-refractivity contribution in [1.82, 2.24) is 0 Å². The van der Waals surface area contributed by atoms with Gasteiger partial charge in [-0.15, -0.1) is 13.2 Å². The van der Waals surface area contributed by atoms with Crippen LogP contribution in [0.2, 0.25) is 0 Å². The van der Waals surface area contributed by atoms with Crippen LogP contribution in [-0.2, 0) is 4.79 Å². The highest BCUT2D eigenvalue weighted by molar-refractivity contribution is 5.88. The minimum Gasteiger partial charge on any atom is -0.478 e. The Labute approximate surface area is 110 Å². The lowest BCUT2D eigenvalue weighted by molar-refractivity contribution is -0.132. The lowest BCUT2D eigenvalue weighted by atomic mass is 10.0. The number of carboxylic acid groups (broad SMARTS) is 1. The average Bonchev–Trinajstić information content (AvgIpc) is 2.34. The molecule has 18 heavy (non-hydrogen) atoms. The molecule has 0 bridgehead atoms. The van der Waals surface area contributed by atoms with Crippen molar-refractivity contribution in [2.24, 2.45) is 0 Å². The molecule has 0 spiro atoms. The molecule has 0 rings (SSSR count). The molecule has 0 aliphatic carbocycles. The van der Waals surface area contributed by atoms with Crippen LogP contribution >= 0.6 is 0 Å². The van der Waals surface area contributed by atoms with Crippen molar-refractivity contribution in [3.63, 3.8) is 0 Å². The summed E-state index contributed by atoms with van der Waals surface area (Å²) in [6.45, 7) is 9.44. The number of rotatable bonds is 10. The lowest BCUT2D eigenvalue weighted by Crippen LogP contribution is -2.03. The van der Waals surface area contributed by atoms with Crippen molar-refractivity contribution in [3.05, 3.63) is 48.6 Å². The fourth-order valence-corrected chi connectivity index (χ4v) is 1.69. The number of unbranched alkanes of at least 4 members (excludes halogenated alkanes) is 3. The maximum Gasteiger partial charge on any atom is 0.332 e. The van der Waals surface area contributed by atoms with E-state index in [9.17, 15) is 4.79 Å². The second kappa shape index (κ2) is 10.6. The predicted molar refractivity (Wildman–Crippen MR) is 77.6 cm³/mol. The van der Waals surface area contributed by atoms with Gasteiger partial charge in [-0.25, -0.2) is 4.79 Å². The molecule has 0 aromatic rings. The van der Waals surface area contributed by atoms with Gasteiger partial charge in [0.1, 0.15) is 0 Å². The second-order valence-corrected chi connectivity index (χ2v) is 4.19. The molecule has 100 valence electrons. The van der Waals surface area contributed by atoms with E-state index in [1.807, 2.05) is 6.08 Å². The first-order valence-electron chi connectivity index (χ1n) is 6.51. The fraction of sp³-hybridized carbons (Fsp3) is 0.438. The Bertz CT molecular complexity index is 335. The van der Waals surface area contributed by atoms with Crippen LogP contribution < -0.4 is 0 Å². The van der Waals surface area contributed by atoms with E-state index >= 15 is 0 Å². The number of carboxylic acids is 1. The topological polar surface area (TPSA) is 37.3 Å². The van der Waals surface area contributed by atoms with E-state index in [-0.39, 0.29) is 0 Å². The summed E-state index contributed by atoms with van der Waals surface area (Å²) in [5, 5.41) is 9.17. The van der Waals surface area contributed by atoms with Crippen LogP contribution in [0.1, 0.15) is 45.4 Å². The summed E-state index contributed by atoms with van der Waals surface area (Å²) in [6.07, 6.45) is 12.9. The molecule has 2 heteroatoms. The second-order valence-electron chi connectivity index (χ2n) is 4.19. The zero-order valence-electron chi connectivity index (χ0n) is 11.3. The zero-order chi connectivity index (χ0) is 13.8. The van der Waals surface area contributed by atoms with Crippen molar-refractivity contribution < 1.29 is 9.90 Å². The van der Waals surface area contributed by atoms with Gasteiger partial charge in [-0.05, 0) is 31.3 Å². The van der Waals surface area contributed by atoms with Crippen LogP contribution in [0.4, 0.5) is 0 Å². The Morgan fingerprint density at radius 3 is 2.33 bits per heavy atom. The van der Waals surface area contributed by atoms with E-state index in [0.717, 1.165) is 18.4 Å². The molecule has 0 radical (unpaired) electrons. The third-order valence-electron chi connectivity index (χ3n) is 2.65. The average molecular weight is 248 g/mol. The third kappa shape index (κ3) is 6.89. The molecular weight excluding hydrogens is 224 g/mol. The monoisotopic (exact) mass is 248 g/mol. The van der Waals surface area contributed by atoms with E-state index in [1.165, 1.54) is 12.8 Å². The van der Waals surface area contributed by atoms with Crippen LogP contribution in [0.3, 0.4) is 0 Å². The zero-order valence-corrected chi connectivity index (χ0v) is 11.3. The van der Waals surface area contributed by atoms with Crippen molar-refractivity contribution in [1.29, 1.82) is 0 Å². The van der Waals surface area contributed by atoms with Gasteiger partial charge in [0.05, 0.1) is 0 Å². The van der Waals surface area contributed by atoms with E-state index in [2.05, 4.69) is 26.2 Å². The molecule has 1 N–H and O–H groups in total. The first kappa shape index (κ1) is 16.4. The minimum atomic E-state index is -0.870. The highest BCUT2D eigenvalue weighted by atomic mass is 16.4. The molecule has 0 atom stereocenters. The van der Waals surface area contributed by atoms with Gasteiger partial charge < -0.3 is 5.11 Å². The van der Waals surface area contributed by atoms with Crippen LogP contribution in [-0.4, -0.2) is 11.1 Å². The Hall–Kier alpha value is -1.57. The SMILES string of the molecule is C=CCC(C=CCCCCC)=C(CC=C)C(=O)O. The van der Waals surface area contributed by atoms with Gasteiger partial charge in [-0.1, -0.05) is 44.1 Å². The maximum atomic E-state index is 11.2. The summed E-state index contributed by atoms with van der Waals surface area (Å²) in [7, 11) is 0. The van der Waals surface area contributed by atoms with Crippen LogP contribution in [0.15, 0.2) is 48.6 Å². The minimum absolute atomic E-state index is 0.387. The first-order chi connectivity index (χ1) is 8.67. The summed E-state index contributed by atoms with van der Waals surface area (Å²) in [6, 6.07) is 0. The molecule has 0 amide bonds. The van der Waals surface area contributed by atoms with Crippen molar-refractivity contribution in [2.45, 2.75) is 45.4 Å². The molecule has 0 heterocycles. The molecule has 0 fully saturated rings. The molecular formula is C16H24O2. The molecule has 0 saturated heterocycles. The number of hydrogen-bond donors (Lipinski definition) is 1. The molecule has 0 aromatic heterocycles. The van der Waals surface area contributed by atoms with Gasteiger partial charge in [-0.3, -0.25) is 0 Å². The van der Waals surface area contributed by atoms with Gasteiger partial charge in [0.2, 0.25) is 0 Å². The first-order valence-corrected chi connectivity index (χ1v) is 6.51. The fourth-order valence-electron chi connectivity index (χ4n) is 1.69. The summed E-state index contributed by atoms with van der Waals surface area (Å²) < 4.78 is 0. The van der Waals surface area contributed by atoms with Gasteiger partial charge >= 0.3 is 5.97 Å². The third-order valence-corrected chi connectivity index (χ3v) is 2.65. The number of carbonyl (C=O) groups is 1. The van der Waals surface area contributed by atoms with Crippen LogP contribution in [0.25, 0.3) is 0 Å². The molecule has 0 unspecified atom stereocenters. The standard InChI is InChI=1S/C16H24O2/c1-4-7-8-9-10-13-14(11-5-2)15(12-6-3)16(17)18/h5-6,10,13H,2-4,7-9,11-12H2,1H3,(H,17,18). The van der Waals surface area contributed by atoms with E-state index < -0.39 is 5.97 Å². The Kier molecular flexibility index (Phi) is 9.65. The van der Waals surface area contributed by atoms with E-state index in [4.69, 9.17) is 5.11 Å². The Morgan fingerprint density at radius 1 is 1.17 bits per heavy atom. The van der Waals surface area contributed by atoms with Crippen LogP contribution in [0.5, 0.6) is 0 Å². The van der Waals surface area contributed by atoms with Gasteiger partial charge in [0.15, 0.2) is 0 Å². The van der Waals surface area contributed by atoms with Crippen molar-refractivity contribution >= 4 is 5.97 Å². The number of aliphatic carboxylic acids is 1. The normalized spacial score (nSPS) is 12.3. The predicted octanol–water partition coefficient (Wildman–Crippen LogP) is 4.66. The summed E-state index contributed by atoms with van der Waals surface area (Å²) in [5.74, 6) is -0.870. The van der Waals surface area contributed by atoms with Gasteiger partial charge in [0, 0.05) is 5.57 Å². The summed E-state index contributed by atoms with van der Waals surface area (Å²) in [4.78, 5) is 11.2. The Morgan fingerprint density at radius 2 is 1.83 bits per heavy atom. The number of allylic oxidation sites excluding steroid dienone is 5. The van der Waals surface area contributed by atoms with Crippen LogP contribution in [0, 0.1) is 0 Å². The smallest absolute Gasteiger partial charge is 0.332 e. The maximum absolute atomic E-state index is 11.2. The molecule has 0 aromatic carbocycles. The van der Waals surface area contributed by atoms with Crippen molar-refractivity contribution in [2.75, 3.05) is 0 Å². The quantitative estimate of drug-likeness (QED) is 0.264. The van der Waals surface area contributed by atoms with Gasteiger partial charge in [0.25, 0.3) is 0 Å².